The summed E-state index contributed by atoms with van der Waals surface area (Å²) in [6.07, 6.45) is 1.55. The first-order valence-corrected chi connectivity index (χ1v) is 9.14. The second-order valence-electron chi connectivity index (χ2n) is 7.68. The number of piperidine rings is 1. The van der Waals surface area contributed by atoms with Crippen LogP contribution in [-0.4, -0.2) is 59.6 Å². The smallest absolute Gasteiger partial charge is 0.309 e. The molecule has 1 spiro atoms. The van der Waals surface area contributed by atoms with Crippen molar-refractivity contribution in [1.29, 1.82) is 0 Å². The summed E-state index contributed by atoms with van der Waals surface area (Å²) in [5.74, 6) is -0.586. The summed E-state index contributed by atoms with van der Waals surface area (Å²) in [7, 11) is 3.45. The zero-order chi connectivity index (χ0) is 19.1. The Hall–Kier alpha value is -2.08. The van der Waals surface area contributed by atoms with E-state index < -0.39 is 17.4 Å². The Bertz CT molecular complexity index is 723. The van der Waals surface area contributed by atoms with Crippen LogP contribution in [0.3, 0.4) is 0 Å². The van der Waals surface area contributed by atoms with E-state index in [1.54, 1.807) is 19.1 Å². The van der Waals surface area contributed by atoms with E-state index in [1.165, 1.54) is 11.1 Å². The van der Waals surface area contributed by atoms with Crippen LogP contribution in [0.4, 0.5) is 0 Å². The number of aliphatic carboxylic acids is 1. The molecule has 6 heteroatoms. The lowest BCUT2D eigenvalue weighted by atomic mass is 9.77. The Kier molecular flexibility index (Phi) is 4.97. The van der Waals surface area contributed by atoms with Gasteiger partial charge in [0.2, 0.25) is 5.91 Å². The van der Waals surface area contributed by atoms with Crippen LogP contribution < -0.4 is 4.74 Å². The molecule has 1 N–H and O–H groups in total. The molecule has 0 unspecified atom stereocenters. The average Bonchev–Trinajstić information content (AvgIpc) is 2.85. The fraction of sp³-hybridized carbons (Fsp3) is 0.600. The van der Waals surface area contributed by atoms with Crippen LogP contribution in [0.2, 0.25) is 0 Å². The van der Waals surface area contributed by atoms with E-state index in [9.17, 15) is 14.7 Å². The predicted molar refractivity (Wildman–Crippen MR) is 98.2 cm³/mol. The molecule has 6 nitrogen and oxygen atoms in total. The lowest BCUT2D eigenvalue weighted by molar-refractivity contribution is -0.146. The topological polar surface area (TPSA) is 70.1 Å². The van der Waals surface area contributed by atoms with E-state index in [2.05, 4.69) is 24.0 Å². The summed E-state index contributed by atoms with van der Waals surface area (Å²) < 4.78 is 5.38. The zero-order valence-corrected chi connectivity index (χ0v) is 16.0. The number of benzene rings is 1. The molecule has 2 aliphatic rings. The summed E-state index contributed by atoms with van der Waals surface area (Å²) in [5.41, 5.74) is 3.06. The standard InChI is InChI=1S/C20H28N2O4/c1-13-10-17(26-4)14(2)9-15(13)12-22-7-5-20(6-8-22)16(19(24)25)11-18(23)21(20)3/h9-10,16H,5-8,11-12H2,1-4H3,(H,24,25)/t16-/m1/s1. The van der Waals surface area contributed by atoms with Crippen LogP contribution >= 0.6 is 0 Å². The lowest BCUT2D eigenvalue weighted by Crippen LogP contribution is -2.55. The van der Waals surface area contributed by atoms with Gasteiger partial charge in [0.15, 0.2) is 0 Å². The Labute approximate surface area is 154 Å². The van der Waals surface area contributed by atoms with E-state index in [1.807, 2.05) is 6.92 Å². The zero-order valence-electron chi connectivity index (χ0n) is 16.0. The van der Waals surface area contributed by atoms with Gasteiger partial charge in [0, 0.05) is 33.1 Å². The summed E-state index contributed by atoms with van der Waals surface area (Å²) >= 11 is 0. The molecule has 2 aliphatic heterocycles. The van der Waals surface area contributed by atoms with Crippen molar-refractivity contribution in [2.45, 2.75) is 45.2 Å². The van der Waals surface area contributed by atoms with Crippen molar-refractivity contribution in [3.8, 4) is 5.75 Å². The molecule has 1 atom stereocenters. The molecule has 0 aliphatic carbocycles. The molecule has 0 radical (unpaired) electrons. The molecule has 1 amide bonds. The van der Waals surface area contributed by atoms with Gasteiger partial charge >= 0.3 is 5.97 Å². The van der Waals surface area contributed by atoms with Crippen LogP contribution in [0.1, 0.15) is 36.0 Å². The molecule has 3 rings (SSSR count). The number of ether oxygens (including phenoxy) is 1. The first-order valence-electron chi connectivity index (χ1n) is 9.14. The molecule has 1 aromatic rings. The summed E-state index contributed by atoms with van der Waals surface area (Å²) in [5, 5.41) is 9.58. The van der Waals surface area contributed by atoms with Crippen molar-refractivity contribution in [3.63, 3.8) is 0 Å². The van der Waals surface area contributed by atoms with Gasteiger partial charge in [-0.2, -0.15) is 0 Å². The van der Waals surface area contributed by atoms with E-state index in [0.717, 1.165) is 30.9 Å². The van der Waals surface area contributed by atoms with E-state index >= 15 is 0 Å². The van der Waals surface area contributed by atoms with Gasteiger partial charge in [0.05, 0.1) is 18.6 Å². The number of carbonyl (C=O) groups is 2. The number of rotatable bonds is 4. The minimum atomic E-state index is -0.849. The van der Waals surface area contributed by atoms with Crippen LogP contribution in [-0.2, 0) is 16.1 Å². The summed E-state index contributed by atoms with van der Waals surface area (Å²) in [4.78, 5) is 27.8. The van der Waals surface area contributed by atoms with Crippen molar-refractivity contribution in [3.05, 3.63) is 28.8 Å². The quantitative estimate of drug-likeness (QED) is 0.891. The van der Waals surface area contributed by atoms with Crippen molar-refractivity contribution in [2.75, 3.05) is 27.2 Å². The number of methoxy groups -OCH3 is 1. The highest BCUT2D eigenvalue weighted by molar-refractivity contribution is 5.88. The number of nitrogens with zero attached hydrogens (tertiary/aromatic N) is 2. The molecular formula is C20H28N2O4. The van der Waals surface area contributed by atoms with Crippen molar-refractivity contribution in [1.82, 2.24) is 9.80 Å². The molecule has 2 saturated heterocycles. The van der Waals surface area contributed by atoms with E-state index in [4.69, 9.17) is 4.74 Å². The number of hydrogen-bond acceptors (Lipinski definition) is 4. The summed E-state index contributed by atoms with van der Waals surface area (Å²) in [6.45, 7) is 6.57. The molecule has 2 fully saturated rings. The molecule has 0 bridgehead atoms. The second-order valence-corrected chi connectivity index (χ2v) is 7.68. The van der Waals surface area contributed by atoms with Gasteiger partial charge in [0.1, 0.15) is 5.75 Å². The number of carboxylic acid groups (broad SMARTS) is 1. The fourth-order valence-corrected chi connectivity index (χ4v) is 4.56. The highest BCUT2D eigenvalue weighted by atomic mass is 16.5. The number of carboxylic acids is 1. The van der Waals surface area contributed by atoms with Crippen molar-refractivity contribution < 1.29 is 19.4 Å². The maximum Gasteiger partial charge on any atom is 0.309 e. The van der Waals surface area contributed by atoms with Gasteiger partial charge in [0.25, 0.3) is 0 Å². The molecule has 2 heterocycles. The third kappa shape index (κ3) is 3.07. The number of likely N-dealkylation sites (tertiary alicyclic amines) is 2. The third-order valence-corrected chi connectivity index (χ3v) is 6.34. The van der Waals surface area contributed by atoms with E-state index in [0.29, 0.717) is 12.8 Å². The van der Waals surface area contributed by atoms with Gasteiger partial charge in [-0.15, -0.1) is 0 Å². The summed E-state index contributed by atoms with van der Waals surface area (Å²) in [6, 6.07) is 4.24. The van der Waals surface area contributed by atoms with Gasteiger partial charge in [-0.1, -0.05) is 6.07 Å². The van der Waals surface area contributed by atoms with Gasteiger partial charge in [-0.25, -0.2) is 0 Å². The van der Waals surface area contributed by atoms with Crippen LogP contribution in [0, 0.1) is 19.8 Å². The van der Waals surface area contributed by atoms with Crippen molar-refractivity contribution in [2.24, 2.45) is 5.92 Å². The highest BCUT2D eigenvalue weighted by Crippen LogP contribution is 2.43. The molecule has 1 aromatic carbocycles. The first-order chi connectivity index (χ1) is 12.3. The average molecular weight is 360 g/mol. The SMILES string of the molecule is COc1cc(C)c(CN2CCC3(CC2)[C@@H](C(=O)O)CC(=O)N3C)cc1C. The number of hydrogen-bond donors (Lipinski definition) is 1. The number of aryl methyl sites for hydroxylation is 2. The maximum absolute atomic E-state index is 12.1. The maximum atomic E-state index is 12.1. The van der Waals surface area contributed by atoms with Gasteiger partial charge < -0.3 is 14.7 Å². The van der Waals surface area contributed by atoms with Gasteiger partial charge in [-0.3, -0.25) is 14.5 Å². The first kappa shape index (κ1) is 18.7. The normalized spacial score (nSPS) is 22.8. The Morgan fingerprint density at radius 2 is 1.92 bits per heavy atom. The molecule has 26 heavy (non-hydrogen) atoms. The third-order valence-electron chi connectivity index (χ3n) is 6.34. The molecule has 0 saturated carbocycles. The minimum absolute atomic E-state index is 0.0486. The monoisotopic (exact) mass is 360 g/mol. The lowest BCUT2D eigenvalue weighted by Gasteiger charge is -2.45. The predicted octanol–water partition coefficient (Wildman–Crippen LogP) is 2.21. The number of amides is 1. The van der Waals surface area contributed by atoms with Crippen molar-refractivity contribution >= 4 is 11.9 Å². The number of carbonyl (C=O) groups excluding carboxylic acids is 1. The second kappa shape index (κ2) is 6.91. The molecular weight excluding hydrogens is 332 g/mol. The molecule has 0 aromatic heterocycles. The van der Waals surface area contributed by atoms with Gasteiger partial charge in [-0.05, 0) is 49.4 Å². The minimum Gasteiger partial charge on any atom is -0.496 e. The Morgan fingerprint density at radius 3 is 2.50 bits per heavy atom. The van der Waals surface area contributed by atoms with E-state index in [-0.39, 0.29) is 12.3 Å². The highest BCUT2D eigenvalue weighted by Gasteiger charge is 2.55. The largest absolute Gasteiger partial charge is 0.496 e. The van der Waals surface area contributed by atoms with Crippen LogP contribution in [0.25, 0.3) is 0 Å². The Morgan fingerprint density at radius 1 is 1.27 bits per heavy atom. The van der Waals surface area contributed by atoms with Crippen LogP contribution in [0.5, 0.6) is 5.75 Å². The van der Waals surface area contributed by atoms with Crippen LogP contribution in [0.15, 0.2) is 12.1 Å². The molecule has 142 valence electrons. The Balaban J connectivity index is 1.72. The fourth-order valence-electron chi connectivity index (χ4n) is 4.56.